The van der Waals surface area contributed by atoms with Crippen LogP contribution in [0, 0.1) is 0 Å². The summed E-state index contributed by atoms with van der Waals surface area (Å²) in [5.74, 6) is -0.715. The van der Waals surface area contributed by atoms with Gasteiger partial charge in [0.2, 0.25) is 0 Å². The van der Waals surface area contributed by atoms with Gasteiger partial charge >= 0.3 is 0 Å². The van der Waals surface area contributed by atoms with E-state index in [0.29, 0.717) is 33.4 Å². The Bertz CT molecular complexity index is 1370. The third kappa shape index (κ3) is 3.27. The maximum absolute atomic E-state index is 12.9. The van der Waals surface area contributed by atoms with Crippen molar-refractivity contribution in [2.24, 2.45) is 0 Å². The number of benzene rings is 2. The Morgan fingerprint density at radius 3 is 2.47 bits per heavy atom. The zero-order chi connectivity index (χ0) is 22.4. The number of hydrogen-bond donors (Lipinski definition) is 1. The zero-order valence-electron chi connectivity index (χ0n) is 16.7. The highest BCUT2D eigenvalue weighted by molar-refractivity contribution is 6.30. The Balaban J connectivity index is 1.49. The van der Waals surface area contributed by atoms with E-state index >= 15 is 0 Å². The molecule has 1 aliphatic rings. The topological polar surface area (TPSA) is 97.4 Å². The summed E-state index contributed by atoms with van der Waals surface area (Å²) in [5, 5.41) is 7.76. The van der Waals surface area contributed by atoms with Crippen LogP contribution in [0.15, 0.2) is 71.3 Å². The zero-order valence-corrected chi connectivity index (χ0v) is 17.5. The molecule has 3 heterocycles. The predicted molar refractivity (Wildman–Crippen MR) is 117 cm³/mol. The van der Waals surface area contributed by atoms with E-state index in [1.165, 1.54) is 25.4 Å². The van der Waals surface area contributed by atoms with E-state index in [9.17, 15) is 14.4 Å². The summed E-state index contributed by atoms with van der Waals surface area (Å²) in [4.78, 5) is 38.3. The summed E-state index contributed by atoms with van der Waals surface area (Å²) in [7, 11) is 1.42. The van der Waals surface area contributed by atoms with Crippen molar-refractivity contribution >= 4 is 35.0 Å². The molecule has 2 aromatic heterocycles. The van der Waals surface area contributed by atoms with Gasteiger partial charge in [0, 0.05) is 23.8 Å². The Kier molecular flexibility index (Phi) is 4.64. The molecule has 32 heavy (non-hydrogen) atoms. The van der Waals surface area contributed by atoms with Crippen LogP contribution >= 0.6 is 11.6 Å². The smallest absolute Gasteiger partial charge is 0.276 e. The van der Waals surface area contributed by atoms with Crippen molar-refractivity contribution < 1.29 is 18.8 Å². The highest BCUT2D eigenvalue weighted by atomic mass is 35.5. The molecule has 4 aromatic rings. The third-order valence-corrected chi connectivity index (χ3v) is 5.39. The van der Waals surface area contributed by atoms with E-state index in [4.69, 9.17) is 16.0 Å². The molecule has 0 saturated heterocycles. The fourth-order valence-corrected chi connectivity index (χ4v) is 3.63. The second kappa shape index (κ2) is 7.51. The number of carbonyl (C=O) groups is 3. The van der Waals surface area contributed by atoms with Gasteiger partial charge < -0.3 is 9.73 Å². The first-order chi connectivity index (χ1) is 15.4. The number of fused-ring (bicyclic) bond motifs is 1. The minimum absolute atomic E-state index is 0.145. The van der Waals surface area contributed by atoms with E-state index in [2.05, 4.69) is 10.4 Å². The number of amides is 3. The van der Waals surface area contributed by atoms with E-state index in [1.54, 1.807) is 53.2 Å². The number of anilines is 1. The number of hydrogen-bond acceptors (Lipinski definition) is 5. The van der Waals surface area contributed by atoms with Crippen LogP contribution in [0.25, 0.3) is 17.1 Å². The molecule has 0 spiro atoms. The number of carbonyl (C=O) groups excluding carboxylic acids is 3. The average Bonchev–Trinajstić information content (AvgIpc) is 3.51. The van der Waals surface area contributed by atoms with E-state index in [-0.39, 0.29) is 17.2 Å². The lowest BCUT2D eigenvalue weighted by atomic mass is 10.1. The fourth-order valence-electron chi connectivity index (χ4n) is 3.51. The van der Waals surface area contributed by atoms with Crippen LogP contribution in [0.3, 0.4) is 0 Å². The van der Waals surface area contributed by atoms with Crippen molar-refractivity contribution in [2.75, 3.05) is 12.4 Å². The molecule has 2 aromatic carbocycles. The largest absolute Gasteiger partial charge is 0.463 e. The molecule has 5 rings (SSSR count). The van der Waals surface area contributed by atoms with Crippen LogP contribution < -0.4 is 5.32 Å². The molecule has 0 aliphatic carbocycles. The summed E-state index contributed by atoms with van der Waals surface area (Å²) < 4.78 is 7.09. The number of rotatable bonds is 4. The summed E-state index contributed by atoms with van der Waals surface area (Å²) in [6, 6.07) is 16.7. The Hall–Kier alpha value is -4.17. The van der Waals surface area contributed by atoms with E-state index in [0.717, 1.165) is 4.90 Å². The second-order valence-electron chi connectivity index (χ2n) is 7.16. The first-order valence-electron chi connectivity index (χ1n) is 9.60. The molecule has 9 heteroatoms. The van der Waals surface area contributed by atoms with Crippen LogP contribution in [0.5, 0.6) is 0 Å². The van der Waals surface area contributed by atoms with Crippen LogP contribution in [0.1, 0.15) is 31.2 Å². The molecule has 0 radical (unpaired) electrons. The van der Waals surface area contributed by atoms with Crippen LogP contribution in [0.2, 0.25) is 5.02 Å². The molecule has 0 unspecified atom stereocenters. The van der Waals surface area contributed by atoms with Crippen LogP contribution in [-0.2, 0) is 0 Å². The molecule has 1 N–H and O–H groups in total. The minimum Gasteiger partial charge on any atom is -0.463 e. The van der Waals surface area contributed by atoms with Crippen LogP contribution in [-0.4, -0.2) is 39.4 Å². The molecule has 0 saturated carbocycles. The lowest BCUT2D eigenvalue weighted by molar-refractivity contribution is 0.0692. The van der Waals surface area contributed by atoms with Crippen molar-refractivity contribution in [1.29, 1.82) is 0 Å². The third-order valence-electron chi connectivity index (χ3n) is 5.13. The van der Waals surface area contributed by atoms with E-state index in [1.807, 2.05) is 0 Å². The second-order valence-corrected chi connectivity index (χ2v) is 7.60. The van der Waals surface area contributed by atoms with Gasteiger partial charge in [0.25, 0.3) is 17.7 Å². The van der Waals surface area contributed by atoms with Crippen molar-refractivity contribution in [2.45, 2.75) is 0 Å². The van der Waals surface area contributed by atoms with Crippen molar-refractivity contribution in [1.82, 2.24) is 14.7 Å². The molecular weight excluding hydrogens is 432 g/mol. The lowest BCUT2D eigenvalue weighted by Crippen LogP contribution is -2.24. The first-order valence-corrected chi connectivity index (χ1v) is 9.98. The Labute approximate surface area is 187 Å². The molecule has 0 fully saturated rings. The van der Waals surface area contributed by atoms with Gasteiger partial charge in [-0.15, -0.1) is 0 Å². The summed E-state index contributed by atoms with van der Waals surface area (Å²) in [5.41, 5.74) is 2.36. The normalized spacial score (nSPS) is 12.9. The molecule has 3 amide bonds. The van der Waals surface area contributed by atoms with Gasteiger partial charge in [0.1, 0.15) is 5.69 Å². The quantitative estimate of drug-likeness (QED) is 0.472. The molecule has 0 atom stereocenters. The average molecular weight is 447 g/mol. The molecule has 158 valence electrons. The van der Waals surface area contributed by atoms with Gasteiger partial charge in [-0.3, -0.25) is 19.3 Å². The predicted octanol–water partition coefficient (Wildman–Crippen LogP) is 4.26. The Morgan fingerprint density at radius 2 is 1.75 bits per heavy atom. The Morgan fingerprint density at radius 1 is 1.00 bits per heavy atom. The van der Waals surface area contributed by atoms with Crippen molar-refractivity contribution in [3.63, 3.8) is 0 Å². The summed E-state index contributed by atoms with van der Waals surface area (Å²) in [6.07, 6.45) is 1.54. The summed E-state index contributed by atoms with van der Waals surface area (Å²) in [6.45, 7) is 0. The lowest BCUT2D eigenvalue weighted by Gasteiger charge is -2.06. The SMILES string of the molecule is CN1C(=O)c2ccc(NC(=O)c3cc(-c4ccco4)n(-c4ccc(Cl)cc4)n3)cc2C1=O. The first kappa shape index (κ1) is 19.8. The number of aromatic nitrogens is 2. The van der Waals surface area contributed by atoms with E-state index < -0.39 is 11.8 Å². The highest BCUT2D eigenvalue weighted by Crippen LogP contribution is 2.27. The van der Waals surface area contributed by atoms with Gasteiger partial charge in [-0.25, -0.2) is 4.68 Å². The molecular formula is C23H15ClN4O4. The van der Waals surface area contributed by atoms with Crippen molar-refractivity contribution in [3.8, 4) is 17.1 Å². The number of furan rings is 1. The molecule has 8 nitrogen and oxygen atoms in total. The van der Waals surface area contributed by atoms with Gasteiger partial charge in [-0.05, 0) is 54.6 Å². The molecule has 0 bridgehead atoms. The maximum atomic E-state index is 12.9. The van der Waals surface area contributed by atoms with Gasteiger partial charge in [0.15, 0.2) is 11.5 Å². The van der Waals surface area contributed by atoms with Gasteiger partial charge in [0.05, 0.1) is 23.1 Å². The summed E-state index contributed by atoms with van der Waals surface area (Å²) >= 11 is 5.99. The number of halogens is 1. The molecule has 1 aliphatic heterocycles. The van der Waals surface area contributed by atoms with Gasteiger partial charge in [-0.2, -0.15) is 5.10 Å². The number of nitrogens with zero attached hydrogens (tertiary/aromatic N) is 3. The van der Waals surface area contributed by atoms with Gasteiger partial charge in [-0.1, -0.05) is 11.6 Å². The van der Waals surface area contributed by atoms with Crippen molar-refractivity contribution in [3.05, 3.63) is 88.8 Å². The fraction of sp³-hybridized carbons (Fsp3) is 0.0435. The standard InChI is InChI=1S/C23H15ClN4O4/c1-27-22(30)16-9-6-14(11-17(16)23(27)31)25-21(29)18-12-19(20-3-2-10-32-20)28(26-18)15-7-4-13(24)5-8-15/h2-12H,1H3,(H,25,29). The monoisotopic (exact) mass is 446 g/mol. The number of nitrogens with one attached hydrogen (secondary N) is 1. The van der Waals surface area contributed by atoms with Crippen LogP contribution in [0.4, 0.5) is 5.69 Å². The minimum atomic E-state index is -0.476. The highest BCUT2D eigenvalue weighted by Gasteiger charge is 2.33. The number of imide groups is 1. The maximum Gasteiger partial charge on any atom is 0.276 e.